The highest BCUT2D eigenvalue weighted by Gasteiger charge is 2.63. The first-order chi connectivity index (χ1) is 16.3. The van der Waals surface area contributed by atoms with Crippen LogP contribution in [0.1, 0.15) is 53.6 Å². The fraction of sp³-hybridized carbons (Fsp3) is 0.231. The molecule has 3 nitrogen and oxygen atoms in total. The van der Waals surface area contributed by atoms with E-state index in [-0.39, 0.29) is 11.3 Å². The van der Waals surface area contributed by atoms with Crippen LogP contribution < -0.4 is 0 Å². The Balaban J connectivity index is 1.96. The van der Waals surface area contributed by atoms with Crippen LogP contribution >= 0.6 is 11.6 Å². The first-order valence-electron chi connectivity index (χ1n) is 10.6. The molecule has 4 rings (SSSR count). The SMILES string of the molecule is CC1=C(/C=C/c2ccc(Cl)cc2)n2nc(C(F)(F)C(F)(F)F)c(C(=O)c3ccccc3)c2C1(C)C. The Bertz CT molecular complexity index is 1350. The lowest BCUT2D eigenvalue weighted by molar-refractivity contribution is -0.291. The van der Waals surface area contributed by atoms with Gasteiger partial charge in [-0.3, -0.25) is 4.79 Å². The summed E-state index contributed by atoms with van der Waals surface area (Å²) in [5, 5.41) is 4.25. The fourth-order valence-corrected chi connectivity index (χ4v) is 4.20. The lowest BCUT2D eigenvalue weighted by atomic mass is 9.79. The molecule has 1 aliphatic heterocycles. The highest BCUT2D eigenvalue weighted by molar-refractivity contribution is 6.30. The number of carbonyl (C=O) groups excluding carboxylic acids is 1. The zero-order valence-electron chi connectivity index (χ0n) is 18.9. The molecule has 0 saturated heterocycles. The predicted octanol–water partition coefficient (Wildman–Crippen LogP) is 7.66. The molecule has 2 heterocycles. The van der Waals surface area contributed by atoms with Crippen LogP contribution in [0.4, 0.5) is 22.0 Å². The molecule has 0 amide bonds. The van der Waals surface area contributed by atoms with Crippen molar-refractivity contribution in [3.8, 4) is 0 Å². The fourth-order valence-electron chi connectivity index (χ4n) is 4.07. The first-order valence-corrected chi connectivity index (χ1v) is 11.0. The van der Waals surface area contributed by atoms with Gasteiger partial charge in [0.25, 0.3) is 0 Å². The van der Waals surface area contributed by atoms with E-state index in [0.717, 1.165) is 10.2 Å². The average Bonchev–Trinajstić information content (AvgIpc) is 3.28. The molecule has 1 aromatic heterocycles. The van der Waals surface area contributed by atoms with Gasteiger partial charge in [-0.1, -0.05) is 74.0 Å². The molecule has 0 spiro atoms. The summed E-state index contributed by atoms with van der Waals surface area (Å²) in [4.78, 5) is 13.4. The molecule has 0 bridgehead atoms. The van der Waals surface area contributed by atoms with Crippen LogP contribution in [0.25, 0.3) is 11.8 Å². The van der Waals surface area contributed by atoms with Crippen molar-refractivity contribution in [2.75, 3.05) is 0 Å². The van der Waals surface area contributed by atoms with Crippen LogP contribution in [0.15, 0.2) is 66.2 Å². The minimum absolute atomic E-state index is 0.0128. The second kappa shape index (κ2) is 8.45. The summed E-state index contributed by atoms with van der Waals surface area (Å²) in [6.07, 6.45) is -2.69. The average molecular weight is 507 g/mol. The third-order valence-corrected chi connectivity index (χ3v) is 6.50. The largest absolute Gasteiger partial charge is 0.459 e. The Kier molecular flexibility index (Phi) is 6.00. The van der Waals surface area contributed by atoms with Crippen LogP contribution in [0.3, 0.4) is 0 Å². The Hall–Kier alpha value is -3.26. The van der Waals surface area contributed by atoms with E-state index in [9.17, 15) is 26.7 Å². The normalized spacial score (nSPS) is 15.7. The molecule has 1 aliphatic rings. The summed E-state index contributed by atoms with van der Waals surface area (Å²) < 4.78 is 70.8. The molecule has 3 aromatic rings. The van der Waals surface area contributed by atoms with Crippen molar-refractivity contribution in [1.29, 1.82) is 0 Å². The monoisotopic (exact) mass is 506 g/mol. The van der Waals surface area contributed by atoms with Crippen molar-refractivity contribution in [2.45, 2.75) is 38.3 Å². The summed E-state index contributed by atoms with van der Waals surface area (Å²) in [5.41, 5.74) is -1.72. The van der Waals surface area contributed by atoms with Gasteiger partial charge in [-0.2, -0.15) is 27.1 Å². The number of ketones is 1. The third-order valence-electron chi connectivity index (χ3n) is 6.25. The summed E-state index contributed by atoms with van der Waals surface area (Å²) in [7, 11) is 0. The van der Waals surface area contributed by atoms with Gasteiger partial charge in [0.15, 0.2) is 11.5 Å². The summed E-state index contributed by atoms with van der Waals surface area (Å²) in [6, 6.07) is 14.1. The van der Waals surface area contributed by atoms with E-state index < -0.39 is 34.6 Å². The Labute approximate surface area is 203 Å². The minimum Gasteiger partial charge on any atom is -0.288 e. The molecule has 0 N–H and O–H groups in total. The molecule has 0 radical (unpaired) electrons. The van der Waals surface area contributed by atoms with Crippen molar-refractivity contribution in [1.82, 2.24) is 9.78 Å². The number of allylic oxidation sites excluding steroid dienone is 3. The predicted molar refractivity (Wildman–Crippen MR) is 124 cm³/mol. The number of halogens is 6. The van der Waals surface area contributed by atoms with Gasteiger partial charge >= 0.3 is 12.1 Å². The number of rotatable bonds is 5. The number of carbonyl (C=O) groups is 1. The number of fused-ring (bicyclic) bond motifs is 1. The van der Waals surface area contributed by atoms with Gasteiger partial charge in [0.2, 0.25) is 0 Å². The van der Waals surface area contributed by atoms with Crippen LogP contribution in [0, 0.1) is 0 Å². The minimum atomic E-state index is -5.93. The topological polar surface area (TPSA) is 34.9 Å². The van der Waals surface area contributed by atoms with E-state index in [1.165, 1.54) is 24.3 Å². The van der Waals surface area contributed by atoms with Gasteiger partial charge < -0.3 is 0 Å². The second-order valence-corrected chi connectivity index (χ2v) is 9.21. The van der Waals surface area contributed by atoms with Crippen LogP contribution in [-0.4, -0.2) is 21.7 Å². The van der Waals surface area contributed by atoms with Gasteiger partial charge in [-0.25, -0.2) is 4.68 Å². The van der Waals surface area contributed by atoms with Gasteiger partial charge in [-0.05, 0) is 36.3 Å². The first kappa shape index (κ1) is 24.9. The highest BCUT2D eigenvalue weighted by Crippen LogP contribution is 2.51. The number of aromatic nitrogens is 2. The van der Waals surface area contributed by atoms with Crippen molar-refractivity contribution in [2.24, 2.45) is 0 Å². The zero-order chi connectivity index (χ0) is 25.8. The van der Waals surface area contributed by atoms with E-state index in [2.05, 4.69) is 5.10 Å². The maximum atomic E-state index is 14.7. The van der Waals surface area contributed by atoms with Crippen molar-refractivity contribution < 1.29 is 26.7 Å². The Morgan fingerprint density at radius 2 is 1.57 bits per heavy atom. The molecule has 0 unspecified atom stereocenters. The number of benzene rings is 2. The second-order valence-electron chi connectivity index (χ2n) is 8.77. The van der Waals surface area contributed by atoms with E-state index >= 15 is 0 Å². The molecule has 0 aliphatic carbocycles. The highest BCUT2D eigenvalue weighted by atomic mass is 35.5. The Morgan fingerprint density at radius 3 is 2.14 bits per heavy atom. The number of nitrogens with zero attached hydrogens (tertiary/aromatic N) is 2. The Morgan fingerprint density at radius 1 is 0.971 bits per heavy atom. The molecule has 182 valence electrons. The quantitative estimate of drug-likeness (QED) is 0.263. The lowest BCUT2D eigenvalue weighted by Gasteiger charge is -2.23. The third kappa shape index (κ3) is 4.10. The smallest absolute Gasteiger partial charge is 0.288 e. The number of alkyl halides is 5. The van der Waals surface area contributed by atoms with Crippen molar-refractivity contribution in [3.63, 3.8) is 0 Å². The van der Waals surface area contributed by atoms with Crippen molar-refractivity contribution >= 4 is 29.2 Å². The van der Waals surface area contributed by atoms with Crippen LogP contribution in [-0.2, 0) is 11.3 Å². The summed E-state index contributed by atoms with van der Waals surface area (Å²) in [5.74, 6) is -6.28. The summed E-state index contributed by atoms with van der Waals surface area (Å²) in [6.45, 7) is 5.06. The van der Waals surface area contributed by atoms with Gasteiger partial charge in [0.1, 0.15) is 0 Å². The van der Waals surface area contributed by atoms with E-state index in [4.69, 9.17) is 11.6 Å². The molecule has 35 heavy (non-hydrogen) atoms. The van der Waals surface area contributed by atoms with Crippen LogP contribution in [0.5, 0.6) is 0 Å². The number of hydrogen-bond acceptors (Lipinski definition) is 2. The molecular weight excluding hydrogens is 487 g/mol. The van der Waals surface area contributed by atoms with Crippen LogP contribution in [0.2, 0.25) is 5.02 Å². The maximum absolute atomic E-state index is 14.7. The van der Waals surface area contributed by atoms with Gasteiger partial charge in [0, 0.05) is 16.0 Å². The molecular formula is C26H20ClF5N2O. The van der Waals surface area contributed by atoms with E-state index in [1.54, 1.807) is 63.3 Å². The van der Waals surface area contributed by atoms with Gasteiger partial charge in [0.05, 0.1) is 17.0 Å². The molecule has 0 atom stereocenters. The maximum Gasteiger partial charge on any atom is 0.459 e. The zero-order valence-corrected chi connectivity index (χ0v) is 19.7. The summed E-state index contributed by atoms with van der Waals surface area (Å²) >= 11 is 5.90. The van der Waals surface area contributed by atoms with Crippen molar-refractivity contribution in [3.05, 3.63) is 99.3 Å². The molecule has 2 aromatic carbocycles. The lowest BCUT2D eigenvalue weighted by Crippen LogP contribution is -2.36. The molecule has 0 saturated carbocycles. The standard InChI is InChI=1S/C26H20ClF5N2O/c1-15-19(14-11-16-9-12-18(27)13-10-16)34-23(24(15,2)3)20(21(35)17-7-5-4-6-8-17)22(33-34)25(28,29)26(30,31)32/h4-14H,1-3H3/b14-11+. The van der Waals surface area contributed by atoms with E-state index in [1.807, 2.05) is 0 Å². The molecule has 9 heteroatoms. The van der Waals surface area contributed by atoms with Gasteiger partial charge in [-0.15, -0.1) is 0 Å². The molecule has 0 fully saturated rings. The number of hydrogen-bond donors (Lipinski definition) is 0. The van der Waals surface area contributed by atoms with E-state index in [0.29, 0.717) is 16.3 Å².